The van der Waals surface area contributed by atoms with Crippen molar-refractivity contribution in [3.8, 4) is 11.5 Å². The molecule has 0 radical (unpaired) electrons. The third-order valence-corrected chi connectivity index (χ3v) is 4.55. The maximum atomic E-state index is 12.6. The van der Waals surface area contributed by atoms with Crippen molar-refractivity contribution >= 4 is 5.97 Å². The first-order valence-electron chi connectivity index (χ1n) is 8.06. The van der Waals surface area contributed by atoms with Crippen molar-refractivity contribution < 1.29 is 19.0 Å². The van der Waals surface area contributed by atoms with E-state index in [9.17, 15) is 4.79 Å². The van der Waals surface area contributed by atoms with Crippen LogP contribution in [0.15, 0.2) is 18.2 Å². The van der Waals surface area contributed by atoms with E-state index in [4.69, 9.17) is 19.9 Å². The van der Waals surface area contributed by atoms with E-state index in [0.717, 1.165) is 24.8 Å². The Kier molecular flexibility index (Phi) is 5.19. The molecule has 0 unspecified atom stereocenters. The van der Waals surface area contributed by atoms with Gasteiger partial charge < -0.3 is 19.9 Å². The SMILES string of the molecule is COc1cc(OC)cc(C(C)(C)OC(=O)C2(N)CCCCC2)c1. The van der Waals surface area contributed by atoms with E-state index < -0.39 is 11.1 Å². The molecule has 1 aliphatic rings. The highest BCUT2D eigenvalue weighted by Gasteiger charge is 2.40. The number of carbonyl (C=O) groups excluding carboxylic acids is 1. The number of nitrogens with two attached hydrogens (primary N) is 1. The van der Waals surface area contributed by atoms with Crippen LogP contribution in [0.25, 0.3) is 0 Å². The molecule has 1 aromatic rings. The maximum absolute atomic E-state index is 12.6. The fourth-order valence-electron chi connectivity index (χ4n) is 2.93. The van der Waals surface area contributed by atoms with Gasteiger partial charge in [-0.15, -0.1) is 0 Å². The van der Waals surface area contributed by atoms with E-state index in [0.29, 0.717) is 24.3 Å². The second kappa shape index (κ2) is 6.79. The number of methoxy groups -OCH3 is 2. The average Bonchev–Trinajstić information content (AvgIpc) is 2.54. The van der Waals surface area contributed by atoms with Crippen LogP contribution in [-0.4, -0.2) is 25.7 Å². The van der Waals surface area contributed by atoms with Crippen LogP contribution >= 0.6 is 0 Å². The van der Waals surface area contributed by atoms with Crippen molar-refractivity contribution in [1.29, 1.82) is 0 Å². The molecule has 2 N–H and O–H groups in total. The Bertz CT molecular complexity index is 540. The Morgan fingerprint density at radius 1 is 1.04 bits per heavy atom. The summed E-state index contributed by atoms with van der Waals surface area (Å²) in [5, 5.41) is 0. The third kappa shape index (κ3) is 3.96. The number of benzene rings is 1. The zero-order valence-electron chi connectivity index (χ0n) is 14.5. The first-order valence-corrected chi connectivity index (χ1v) is 8.06. The molecule has 5 heteroatoms. The van der Waals surface area contributed by atoms with Crippen molar-refractivity contribution in [2.24, 2.45) is 5.73 Å². The lowest BCUT2D eigenvalue weighted by molar-refractivity contribution is -0.165. The molecule has 1 aliphatic carbocycles. The van der Waals surface area contributed by atoms with Crippen LogP contribution in [0.4, 0.5) is 0 Å². The van der Waals surface area contributed by atoms with Crippen molar-refractivity contribution in [3.05, 3.63) is 23.8 Å². The summed E-state index contributed by atoms with van der Waals surface area (Å²) in [4.78, 5) is 12.6. The minimum absolute atomic E-state index is 0.330. The van der Waals surface area contributed by atoms with Crippen molar-refractivity contribution in [2.45, 2.75) is 57.1 Å². The highest BCUT2D eigenvalue weighted by Crippen LogP contribution is 2.35. The number of hydrogen-bond acceptors (Lipinski definition) is 5. The Balaban J connectivity index is 2.22. The van der Waals surface area contributed by atoms with Gasteiger partial charge in [0, 0.05) is 11.6 Å². The van der Waals surface area contributed by atoms with Gasteiger partial charge in [0.1, 0.15) is 22.6 Å². The van der Waals surface area contributed by atoms with Crippen molar-refractivity contribution in [3.63, 3.8) is 0 Å². The summed E-state index contributed by atoms with van der Waals surface area (Å²) >= 11 is 0. The lowest BCUT2D eigenvalue weighted by Gasteiger charge is -2.35. The van der Waals surface area contributed by atoms with Gasteiger partial charge in [0.15, 0.2) is 0 Å². The normalized spacial score (nSPS) is 17.4. The Labute approximate surface area is 138 Å². The first-order chi connectivity index (χ1) is 10.8. The molecule has 0 aromatic heterocycles. The van der Waals surface area contributed by atoms with Crippen molar-refractivity contribution in [1.82, 2.24) is 0 Å². The molecule has 5 nitrogen and oxygen atoms in total. The van der Waals surface area contributed by atoms with Gasteiger partial charge in [-0.25, -0.2) is 0 Å². The fourth-order valence-corrected chi connectivity index (χ4v) is 2.93. The topological polar surface area (TPSA) is 70.8 Å². The summed E-state index contributed by atoms with van der Waals surface area (Å²) in [7, 11) is 3.18. The first kappa shape index (κ1) is 17.6. The highest BCUT2D eigenvalue weighted by atomic mass is 16.6. The second-order valence-electron chi connectivity index (χ2n) is 6.72. The van der Waals surface area contributed by atoms with Gasteiger partial charge in [0.25, 0.3) is 0 Å². The molecule has 2 rings (SSSR count). The molecular formula is C18H27NO4. The summed E-state index contributed by atoms with van der Waals surface area (Å²) in [5.41, 5.74) is 5.40. The molecule has 0 aliphatic heterocycles. The number of esters is 1. The van der Waals surface area contributed by atoms with Gasteiger partial charge in [-0.05, 0) is 38.8 Å². The molecular weight excluding hydrogens is 294 g/mol. The van der Waals surface area contributed by atoms with E-state index in [1.807, 2.05) is 26.0 Å². The number of rotatable bonds is 5. The van der Waals surface area contributed by atoms with Gasteiger partial charge in [-0.2, -0.15) is 0 Å². The second-order valence-corrected chi connectivity index (χ2v) is 6.72. The van der Waals surface area contributed by atoms with Gasteiger partial charge in [0.05, 0.1) is 14.2 Å². The summed E-state index contributed by atoms with van der Waals surface area (Å²) in [5.74, 6) is 0.983. The summed E-state index contributed by atoms with van der Waals surface area (Å²) in [6.45, 7) is 3.70. The van der Waals surface area contributed by atoms with Gasteiger partial charge in [-0.1, -0.05) is 19.3 Å². The van der Waals surface area contributed by atoms with Gasteiger partial charge >= 0.3 is 5.97 Å². The predicted octanol–water partition coefficient (Wildman–Crippen LogP) is 3.14. The van der Waals surface area contributed by atoms with Crippen LogP contribution in [0.1, 0.15) is 51.5 Å². The van der Waals surface area contributed by atoms with Crippen LogP contribution in [0.3, 0.4) is 0 Å². The van der Waals surface area contributed by atoms with Crippen LogP contribution < -0.4 is 15.2 Å². The minimum Gasteiger partial charge on any atom is -0.497 e. The average molecular weight is 321 g/mol. The summed E-state index contributed by atoms with van der Waals surface area (Å²) in [6, 6.07) is 5.48. The molecule has 1 fully saturated rings. The number of ether oxygens (including phenoxy) is 3. The van der Waals surface area contributed by atoms with E-state index in [1.54, 1.807) is 20.3 Å². The molecule has 1 aromatic carbocycles. The zero-order valence-corrected chi connectivity index (χ0v) is 14.5. The van der Waals surface area contributed by atoms with Crippen LogP contribution in [0.5, 0.6) is 11.5 Å². The minimum atomic E-state index is -0.863. The van der Waals surface area contributed by atoms with Gasteiger partial charge in [0.2, 0.25) is 0 Å². The quantitative estimate of drug-likeness (QED) is 0.844. The monoisotopic (exact) mass is 321 g/mol. The molecule has 0 saturated heterocycles. The van der Waals surface area contributed by atoms with E-state index in [1.165, 1.54) is 0 Å². The number of hydrogen-bond donors (Lipinski definition) is 1. The van der Waals surface area contributed by atoms with E-state index >= 15 is 0 Å². The molecule has 0 amide bonds. The maximum Gasteiger partial charge on any atom is 0.326 e. The summed E-state index contributed by atoms with van der Waals surface area (Å²) < 4.78 is 16.4. The standard InChI is InChI=1S/C18H27NO4/c1-17(2,13-10-14(21-3)12-15(11-13)22-4)23-16(20)18(19)8-6-5-7-9-18/h10-12H,5-9,19H2,1-4H3. The lowest BCUT2D eigenvalue weighted by atomic mass is 9.82. The largest absolute Gasteiger partial charge is 0.497 e. The van der Waals surface area contributed by atoms with Crippen LogP contribution in [-0.2, 0) is 15.1 Å². The Morgan fingerprint density at radius 2 is 1.57 bits per heavy atom. The molecule has 128 valence electrons. The van der Waals surface area contributed by atoms with E-state index in [2.05, 4.69) is 0 Å². The molecule has 0 bridgehead atoms. The molecule has 0 atom stereocenters. The molecule has 0 spiro atoms. The smallest absolute Gasteiger partial charge is 0.326 e. The molecule has 23 heavy (non-hydrogen) atoms. The molecule has 0 heterocycles. The lowest BCUT2D eigenvalue weighted by Crippen LogP contribution is -2.52. The van der Waals surface area contributed by atoms with Gasteiger partial charge in [-0.3, -0.25) is 4.79 Å². The van der Waals surface area contributed by atoms with Crippen LogP contribution in [0.2, 0.25) is 0 Å². The Hall–Kier alpha value is -1.75. The van der Waals surface area contributed by atoms with Crippen molar-refractivity contribution in [2.75, 3.05) is 14.2 Å². The number of carbonyl (C=O) groups is 1. The van der Waals surface area contributed by atoms with Crippen LogP contribution in [0, 0.1) is 0 Å². The van der Waals surface area contributed by atoms with E-state index in [-0.39, 0.29) is 5.97 Å². The third-order valence-electron chi connectivity index (χ3n) is 4.55. The molecule has 1 saturated carbocycles. The summed E-state index contributed by atoms with van der Waals surface area (Å²) in [6.07, 6.45) is 4.44. The zero-order chi connectivity index (χ0) is 17.1. The highest BCUT2D eigenvalue weighted by molar-refractivity contribution is 5.81. The fraction of sp³-hybridized carbons (Fsp3) is 0.611. The Morgan fingerprint density at radius 3 is 2.04 bits per heavy atom. The predicted molar refractivity (Wildman–Crippen MR) is 88.7 cm³/mol.